The summed E-state index contributed by atoms with van der Waals surface area (Å²) >= 11 is 0. The van der Waals surface area contributed by atoms with E-state index < -0.39 is 0 Å². The van der Waals surface area contributed by atoms with Gasteiger partial charge in [-0.05, 0) is 58.8 Å². The van der Waals surface area contributed by atoms with Crippen molar-refractivity contribution in [1.82, 2.24) is 10.2 Å². The zero-order chi connectivity index (χ0) is 12.1. The van der Waals surface area contributed by atoms with Gasteiger partial charge in [0.1, 0.15) is 0 Å². The minimum absolute atomic E-state index is 0.0115. The molecule has 4 nitrogen and oxygen atoms in total. The van der Waals surface area contributed by atoms with E-state index in [4.69, 9.17) is 4.74 Å². The van der Waals surface area contributed by atoms with Crippen LogP contribution in [0.15, 0.2) is 0 Å². The highest BCUT2D eigenvalue weighted by molar-refractivity contribution is 5.72. The summed E-state index contributed by atoms with van der Waals surface area (Å²) in [5.74, 6) is 0.158. The summed E-state index contributed by atoms with van der Waals surface area (Å²) in [4.78, 5) is 14.2. The number of carbonyl (C=O) groups excluding carboxylic acids is 1. The molecule has 0 aliphatic carbocycles. The van der Waals surface area contributed by atoms with E-state index in [1.54, 1.807) is 0 Å². The average Bonchev–Trinajstić information content (AvgIpc) is 2.40. The molecule has 0 aromatic carbocycles. The molecule has 0 saturated carbocycles. The van der Waals surface area contributed by atoms with Crippen molar-refractivity contribution in [2.24, 2.45) is 5.92 Å². The Morgan fingerprint density at radius 3 is 2.47 bits per heavy atom. The molecule has 2 heterocycles. The third-order valence-electron chi connectivity index (χ3n) is 3.97. The van der Waals surface area contributed by atoms with Gasteiger partial charge in [0.2, 0.25) is 0 Å². The van der Waals surface area contributed by atoms with Crippen molar-refractivity contribution < 1.29 is 9.53 Å². The normalized spacial score (nSPS) is 24.8. The second-order valence-electron chi connectivity index (χ2n) is 5.04. The van der Waals surface area contributed by atoms with Crippen molar-refractivity contribution in [3.63, 3.8) is 0 Å². The van der Waals surface area contributed by atoms with Crippen molar-refractivity contribution in [2.45, 2.75) is 38.6 Å². The maximum Gasteiger partial charge on any atom is 0.309 e. The Morgan fingerprint density at radius 1 is 1.24 bits per heavy atom. The van der Waals surface area contributed by atoms with E-state index in [1.165, 1.54) is 12.8 Å². The summed E-state index contributed by atoms with van der Waals surface area (Å²) in [6.07, 6.45) is 4.46. The van der Waals surface area contributed by atoms with Gasteiger partial charge in [-0.1, -0.05) is 0 Å². The van der Waals surface area contributed by atoms with Crippen LogP contribution < -0.4 is 5.32 Å². The highest BCUT2D eigenvalue weighted by Gasteiger charge is 2.29. The minimum Gasteiger partial charge on any atom is -0.466 e. The number of ether oxygens (including phenoxy) is 1. The van der Waals surface area contributed by atoms with E-state index in [1.807, 2.05) is 6.92 Å². The number of rotatable bonds is 3. The minimum atomic E-state index is 0.0115. The molecule has 1 N–H and O–H groups in total. The molecule has 0 amide bonds. The quantitative estimate of drug-likeness (QED) is 0.748. The fourth-order valence-corrected chi connectivity index (χ4v) is 2.93. The monoisotopic (exact) mass is 240 g/mol. The molecule has 2 rings (SSSR count). The summed E-state index contributed by atoms with van der Waals surface area (Å²) in [6.45, 7) is 6.79. The lowest BCUT2D eigenvalue weighted by Crippen LogP contribution is -2.47. The zero-order valence-corrected chi connectivity index (χ0v) is 10.8. The summed E-state index contributed by atoms with van der Waals surface area (Å²) in [5.41, 5.74) is 0. The lowest BCUT2D eigenvalue weighted by molar-refractivity contribution is -0.149. The van der Waals surface area contributed by atoms with Crippen molar-refractivity contribution >= 4 is 5.97 Å². The maximum absolute atomic E-state index is 11.6. The number of nitrogens with one attached hydrogen (secondary N) is 1. The first-order valence-corrected chi connectivity index (χ1v) is 6.92. The maximum atomic E-state index is 11.6. The van der Waals surface area contributed by atoms with Crippen LogP contribution in [0.5, 0.6) is 0 Å². The Labute approximate surface area is 104 Å². The highest BCUT2D eigenvalue weighted by atomic mass is 16.5. The third kappa shape index (κ3) is 3.42. The lowest BCUT2D eigenvalue weighted by atomic mass is 9.94. The zero-order valence-electron chi connectivity index (χ0n) is 10.8. The van der Waals surface area contributed by atoms with Gasteiger partial charge in [0.05, 0.1) is 12.5 Å². The smallest absolute Gasteiger partial charge is 0.309 e. The Hall–Kier alpha value is -0.610. The summed E-state index contributed by atoms with van der Waals surface area (Å²) in [7, 11) is 0. The Balaban J connectivity index is 1.75. The number of carbonyl (C=O) groups is 1. The predicted octanol–water partition coefficient (Wildman–Crippen LogP) is 1.01. The molecular formula is C13H24N2O2. The Kier molecular flexibility index (Phi) is 4.80. The third-order valence-corrected chi connectivity index (χ3v) is 3.97. The largest absolute Gasteiger partial charge is 0.466 e. The highest BCUT2D eigenvalue weighted by Crippen LogP contribution is 2.23. The molecule has 0 aromatic rings. The molecule has 98 valence electrons. The molecule has 17 heavy (non-hydrogen) atoms. The summed E-state index contributed by atoms with van der Waals surface area (Å²) < 4.78 is 5.09. The van der Waals surface area contributed by atoms with Crippen LogP contribution in [-0.4, -0.2) is 49.7 Å². The van der Waals surface area contributed by atoms with Gasteiger partial charge in [0.25, 0.3) is 0 Å². The van der Waals surface area contributed by atoms with Gasteiger partial charge in [-0.25, -0.2) is 0 Å². The first kappa shape index (κ1) is 12.8. The van der Waals surface area contributed by atoms with Crippen molar-refractivity contribution in [1.29, 1.82) is 0 Å². The number of piperidine rings is 2. The molecule has 2 saturated heterocycles. The van der Waals surface area contributed by atoms with Crippen molar-refractivity contribution in [3.8, 4) is 0 Å². The molecule has 2 aliphatic heterocycles. The van der Waals surface area contributed by atoms with Crippen molar-refractivity contribution in [3.05, 3.63) is 0 Å². The standard InChI is InChI=1S/C13H24N2O2/c1-2-17-13(16)11-5-9-15(10-6-11)12-3-7-14-8-4-12/h11-12,14H,2-10H2,1H3. The molecule has 0 bridgehead atoms. The van der Waals surface area contributed by atoms with E-state index in [9.17, 15) is 4.79 Å². The molecule has 4 heteroatoms. The number of nitrogens with zero attached hydrogens (tertiary/aromatic N) is 1. The number of likely N-dealkylation sites (tertiary alicyclic amines) is 1. The Morgan fingerprint density at radius 2 is 1.88 bits per heavy atom. The second-order valence-corrected chi connectivity index (χ2v) is 5.04. The van der Waals surface area contributed by atoms with Gasteiger partial charge in [-0.15, -0.1) is 0 Å². The number of hydrogen-bond acceptors (Lipinski definition) is 4. The van der Waals surface area contributed by atoms with Crippen molar-refractivity contribution in [2.75, 3.05) is 32.8 Å². The summed E-state index contributed by atoms with van der Waals surface area (Å²) in [6, 6.07) is 0.736. The molecule has 2 fully saturated rings. The van der Waals surface area contributed by atoms with Crippen LogP contribution in [0.2, 0.25) is 0 Å². The average molecular weight is 240 g/mol. The van der Waals surface area contributed by atoms with Crippen LogP contribution in [0.3, 0.4) is 0 Å². The first-order chi connectivity index (χ1) is 8.31. The van der Waals surface area contributed by atoms with Crippen LogP contribution in [0, 0.1) is 5.92 Å². The van der Waals surface area contributed by atoms with E-state index in [0.29, 0.717) is 6.61 Å². The summed E-state index contributed by atoms with van der Waals surface area (Å²) in [5, 5.41) is 3.40. The van der Waals surface area contributed by atoms with Crippen LogP contribution in [0.1, 0.15) is 32.6 Å². The van der Waals surface area contributed by atoms with E-state index >= 15 is 0 Å². The van der Waals surface area contributed by atoms with Gasteiger partial charge in [-0.2, -0.15) is 0 Å². The fourth-order valence-electron chi connectivity index (χ4n) is 2.93. The predicted molar refractivity (Wildman–Crippen MR) is 66.8 cm³/mol. The molecule has 0 aromatic heterocycles. The molecule has 0 atom stereocenters. The first-order valence-electron chi connectivity index (χ1n) is 6.92. The van der Waals surface area contributed by atoms with Gasteiger partial charge in [0.15, 0.2) is 0 Å². The lowest BCUT2D eigenvalue weighted by Gasteiger charge is -2.38. The van der Waals surface area contributed by atoms with E-state index in [2.05, 4.69) is 10.2 Å². The van der Waals surface area contributed by atoms with Crippen LogP contribution in [0.25, 0.3) is 0 Å². The van der Waals surface area contributed by atoms with Gasteiger partial charge in [0, 0.05) is 6.04 Å². The van der Waals surface area contributed by atoms with Crippen LogP contribution in [-0.2, 0) is 9.53 Å². The molecule has 2 aliphatic rings. The van der Waals surface area contributed by atoms with Gasteiger partial charge in [-0.3, -0.25) is 4.79 Å². The van der Waals surface area contributed by atoms with Gasteiger partial charge < -0.3 is 15.0 Å². The SMILES string of the molecule is CCOC(=O)C1CCN(C2CCNCC2)CC1. The van der Waals surface area contributed by atoms with E-state index in [0.717, 1.165) is 45.1 Å². The second kappa shape index (κ2) is 6.36. The van der Waals surface area contributed by atoms with E-state index in [-0.39, 0.29) is 11.9 Å². The van der Waals surface area contributed by atoms with Gasteiger partial charge >= 0.3 is 5.97 Å². The molecular weight excluding hydrogens is 216 g/mol. The van der Waals surface area contributed by atoms with Crippen LogP contribution >= 0.6 is 0 Å². The number of hydrogen-bond donors (Lipinski definition) is 1. The topological polar surface area (TPSA) is 41.6 Å². The Bertz CT molecular complexity index is 244. The fraction of sp³-hybridized carbons (Fsp3) is 0.923. The molecule has 0 radical (unpaired) electrons. The molecule has 0 unspecified atom stereocenters. The molecule has 0 spiro atoms. The number of esters is 1. The van der Waals surface area contributed by atoms with Crippen LogP contribution in [0.4, 0.5) is 0 Å².